The normalized spacial score (nSPS) is 13.5. The minimum Gasteiger partial charge on any atom is -0.383 e. The minimum absolute atomic E-state index is 0.0969. The zero-order valence-electron chi connectivity index (χ0n) is 10.8. The van der Waals surface area contributed by atoms with Crippen molar-refractivity contribution >= 4 is 27.6 Å². The fraction of sp³-hybridized carbons (Fsp3) is 0.545. The molecule has 1 unspecified atom stereocenters. The van der Waals surface area contributed by atoms with Crippen LogP contribution in [0.25, 0.3) is 0 Å². The Kier molecular flexibility index (Phi) is 5.43. The van der Waals surface area contributed by atoms with E-state index in [4.69, 9.17) is 5.73 Å². The molecule has 1 aromatic rings. The molecule has 0 fully saturated rings. The molecule has 0 saturated heterocycles. The van der Waals surface area contributed by atoms with Gasteiger partial charge in [0.25, 0.3) is 0 Å². The molecule has 5 nitrogen and oxygen atoms in total. The number of nitrogens with zero attached hydrogens (tertiary/aromatic N) is 1. The number of hydrogen-bond donors (Lipinski definition) is 2. The molecule has 0 aliphatic rings. The van der Waals surface area contributed by atoms with Crippen LogP contribution in [0.4, 0.5) is 5.82 Å². The lowest BCUT2D eigenvalue weighted by Gasteiger charge is -2.14. The number of hydrogen-bond acceptors (Lipinski definition) is 5. The summed E-state index contributed by atoms with van der Waals surface area (Å²) in [5.74, 6) is 1.27. The van der Waals surface area contributed by atoms with Crippen molar-refractivity contribution in [1.82, 2.24) is 9.71 Å². The van der Waals surface area contributed by atoms with Crippen LogP contribution in [0, 0.1) is 6.92 Å². The van der Waals surface area contributed by atoms with Gasteiger partial charge in [-0.3, -0.25) is 0 Å². The molecule has 18 heavy (non-hydrogen) atoms. The van der Waals surface area contributed by atoms with Crippen LogP contribution in [-0.4, -0.2) is 31.5 Å². The number of aromatic nitrogens is 1. The Morgan fingerprint density at radius 3 is 2.78 bits per heavy atom. The van der Waals surface area contributed by atoms with Crippen molar-refractivity contribution in [3.8, 4) is 0 Å². The zero-order valence-corrected chi connectivity index (χ0v) is 12.4. The third kappa shape index (κ3) is 4.15. The van der Waals surface area contributed by atoms with Crippen molar-refractivity contribution in [2.45, 2.75) is 31.2 Å². The predicted molar refractivity (Wildman–Crippen MR) is 76.2 cm³/mol. The summed E-state index contributed by atoms with van der Waals surface area (Å²) in [4.78, 5) is 4.03. The molecule has 1 heterocycles. The first kappa shape index (κ1) is 15.3. The largest absolute Gasteiger partial charge is 0.383 e. The maximum absolute atomic E-state index is 12.1. The average molecular weight is 289 g/mol. The predicted octanol–water partition coefficient (Wildman–Crippen LogP) is 1.39. The monoisotopic (exact) mass is 289 g/mol. The number of nitrogen functional groups attached to an aromatic ring is 1. The number of rotatable bonds is 6. The summed E-state index contributed by atoms with van der Waals surface area (Å²) in [5, 5.41) is 0. The van der Waals surface area contributed by atoms with E-state index >= 15 is 0 Å². The Bertz CT molecular complexity index is 503. The molecule has 0 aromatic carbocycles. The maximum atomic E-state index is 12.1. The first-order valence-corrected chi connectivity index (χ1v) is 8.48. The van der Waals surface area contributed by atoms with Crippen molar-refractivity contribution in [1.29, 1.82) is 0 Å². The average Bonchev–Trinajstić information content (AvgIpc) is 2.29. The van der Waals surface area contributed by atoms with E-state index in [9.17, 15) is 8.42 Å². The van der Waals surface area contributed by atoms with Gasteiger partial charge in [-0.2, -0.15) is 11.8 Å². The van der Waals surface area contributed by atoms with Crippen molar-refractivity contribution < 1.29 is 8.42 Å². The third-order valence-electron chi connectivity index (χ3n) is 2.52. The second-order valence-corrected chi connectivity index (χ2v) is 6.88. The van der Waals surface area contributed by atoms with Crippen LogP contribution in [0.1, 0.15) is 18.9 Å². The number of pyridine rings is 1. The highest BCUT2D eigenvalue weighted by atomic mass is 32.2. The van der Waals surface area contributed by atoms with Crippen molar-refractivity contribution in [2.75, 3.05) is 17.7 Å². The van der Waals surface area contributed by atoms with E-state index in [-0.39, 0.29) is 10.9 Å². The summed E-state index contributed by atoms with van der Waals surface area (Å²) in [5.41, 5.74) is 6.23. The highest BCUT2D eigenvalue weighted by Gasteiger charge is 2.18. The molecule has 0 aliphatic heterocycles. The Labute approximate surface area is 113 Å². The van der Waals surface area contributed by atoms with E-state index in [0.717, 1.165) is 12.2 Å². The van der Waals surface area contributed by atoms with E-state index in [1.165, 1.54) is 12.3 Å². The number of thioether (sulfide) groups is 1. The van der Waals surface area contributed by atoms with E-state index in [2.05, 4.69) is 9.71 Å². The molecule has 0 bridgehead atoms. The number of nitrogens with one attached hydrogen (secondary N) is 1. The number of sulfonamides is 1. The van der Waals surface area contributed by atoms with E-state index in [1.807, 2.05) is 13.2 Å². The lowest BCUT2D eigenvalue weighted by Crippen LogP contribution is -2.33. The fourth-order valence-electron chi connectivity index (χ4n) is 1.39. The number of aryl methyl sites for hydroxylation is 1. The van der Waals surface area contributed by atoms with Gasteiger partial charge in [-0.25, -0.2) is 18.1 Å². The molecule has 0 aliphatic carbocycles. The van der Waals surface area contributed by atoms with Crippen molar-refractivity contribution in [2.24, 2.45) is 0 Å². The van der Waals surface area contributed by atoms with Gasteiger partial charge in [0.1, 0.15) is 10.7 Å². The van der Waals surface area contributed by atoms with Crippen LogP contribution in [0.15, 0.2) is 17.2 Å². The standard InChI is InChI=1S/C11H19N3O2S2/c1-8-6-10(7-13-11(8)12)18(15,16)14-9(2)4-5-17-3/h6-7,9,14H,4-5H2,1-3H3,(H2,12,13). The molecule has 7 heteroatoms. The summed E-state index contributed by atoms with van der Waals surface area (Å²) in [6.07, 6.45) is 4.07. The van der Waals surface area contributed by atoms with Gasteiger partial charge < -0.3 is 5.73 Å². The maximum Gasteiger partial charge on any atom is 0.242 e. The van der Waals surface area contributed by atoms with E-state index in [1.54, 1.807) is 18.7 Å². The topological polar surface area (TPSA) is 85.1 Å². The SMILES string of the molecule is CSCCC(C)NS(=O)(=O)c1cnc(N)c(C)c1. The Hall–Kier alpha value is -0.790. The quantitative estimate of drug-likeness (QED) is 0.826. The molecule has 1 rings (SSSR count). The molecule has 0 radical (unpaired) electrons. The van der Waals surface area contributed by atoms with Gasteiger partial charge in [-0.05, 0) is 43.9 Å². The van der Waals surface area contributed by atoms with Gasteiger partial charge in [-0.1, -0.05) is 0 Å². The molecule has 0 saturated carbocycles. The minimum atomic E-state index is -3.51. The first-order chi connectivity index (χ1) is 8.36. The van der Waals surface area contributed by atoms with Crippen LogP contribution in [0.5, 0.6) is 0 Å². The lowest BCUT2D eigenvalue weighted by molar-refractivity contribution is 0.556. The van der Waals surface area contributed by atoms with Crippen molar-refractivity contribution in [3.05, 3.63) is 17.8 Å². The Morgan fingerprint density at radius 1 is 1.56 bits per heavy atom. The van der Waals surface area contributed by atoms with Crippen LogP contribution in [0.2, 0.25) is 0 Å². The lowest BCUT2D eigenvalue weighted by atomic mass is 10.3. The first-order valence-electron chi connectivity index (χ1n) is 5.60. The van der Waals surface area contributed by atoms with Gasteiger partial charge in [-0.15, -0.1) is 0 Å². The van der Waals surface area contributed by atoms with Gasteiger partial charge in [0.2, 0.25) is 10.0 Å². The summed E-state index contributed by atoms with van der Waals surface area (Å²) in [6, 6.07) is 1.44. The highest BCUT2D eigenvalue weighted by molar-refractivity contribution is 7.98. The number of nitrogens with two attached hydrogens (primary N) is 1. The van der Waals surface area contributed by atoms with Gasteiger partial charge in [0, 0.05) is 12.2 Å². The second kappa shape index (κ2) is 6.40. The van der Waals surface area contributed by atoms with Crippen LogP contribution >= 0.6 is 11.8 Å². The Morgan fingerprint density at radius 2 is 2.22 bits per heavy atom. The van der Waals surface area contributed by atoms with Crippen LogP contribution < -0.4 is 10.5 Å². The zero-order chi connectivity index (χ0) is 13.8. The molecular formula is C11H19N3O2S2. The number of anilines is 1. The molecule has 1 atom stereocenters. The van der Waals surface area contributed by atoms with Crippen LogP contribution in [-0.2, 0) is 10.0 Å². The van der Waals surface area contributed by atoms with Gasteiger partial charge in [0.05, 0.1) is 0 Å². The van der Waals surface area contributed by atoms with E-state index < -0.39 is 10.0 Å². The fourth-order valence-corrected chi connectivity index (χ4v) is 3.29. The smallest absolute Gasteiger partial charge is 0.242 e. The molecule has 1 aromatic heterocycles. The van der Waals surface area contributed by atoms with E-state index in [0.29, 0.717) is 11.4 Å². The Balaban J connectivity index is 2.83. The molecule has 102 valence electrons. The molecule has 0 amide bonds. The van der Waals surface area contributed by atoms with Gasteiger partial charge >= 0.3 is 0 Å². The van der Waals surface area contributed by atoms with Gasteiger partial charge in [0.15, 0.2) is 0 Å². The summed E-state index contributed by atoms with van der Waals surface area (Å²) < 4.78 is 26.8. The third-order valence-corrected chi connectivity index (χ3v) is 4.72. The highest BCUT2D eigenvalue weighted by Crippen LogP contribution is 2.14. The summed E-state index contributed by atoms with van der Waals surface area (Å²) in [7, 11) is -3.51. The van der Waals surface area contributed by atoms with Crippen molar-refractivity contribution in [3.63, 3.8) is 0 Å². The second-order valence-electron chi connectivity index (χ2n) is 4.18. The summed E-state index contributed by atoms with van der Waals surface area (Å²) >= 11 is 1.69. The molecular weight excluding hydrogens is 270 g/mol. The molecule has 0 spiro atoms. The summed E-state index contributed by atoms with van der Waals surface area (Å²) in [6.45, 7) is 3.59. The molecule has 3 N–H and O–H groups in total. The van der Waals surface area contributed by atoms with Crippen LogP contribution in [0.3, 0.4) is 0 Å².